The molecule has 0 bridgehead atoms. The van der Waals surface area contributed by atoms with E-state index < -0.39 is 16.0 Å². The van der Waals surface area contributed by atoms with Gasteiger partial charge in [-0.3, -0.25) is 0 Å². The molecule has 0 spiro atoms. The molecule has 1 aliphatic rings. The van der Waals surface area contributed by atoms with Crippen LogP contribution in [0.15, 0.2) is 38.1 Å². The van der Waals surface area contributed by atoms with Gasteiger partial charge >= 0.3 is 5.97 Å². The van der Waals surface area contributed by atoms with Crippen molar-refractivity contribution in [2.75, 3.05) is 13.2 Å². The molecular weight excluding hydrogens is 408 g/mol. The van der Waals surface area contributed by atoms with Crippen molar-refractivity contribution >= 4 is 27.0 Å². The molecule has 9 heteroatoms. The Morgan fingerprint density at radius 1 is 1.30 bits per heavy atom. The lowest BCUT2D eigenvalue weighted by molar-refractivity contribution is 0.0491. The average molecular weight is 432 g/mol. The van der Waals surface area contributed by atoms with E-state index in [9.17, 15) is 13.2 Å². The van der Waals surface area contributed by atoms with Crippen LogP contribution in [0, 0.1) is 6.92 Å². The topological polar surface area (TPSA) is 103 Å². The molecule has 160 valence electrons. The predicted molar refractivity (Wildman–Crippen MR) is 109 cm³/mol. The Morgan fingerprint density at radius 3 is 2.80 bits per heavy atom. The van der Waals surface area contributed by atoms with Crippen LogP contribution in [0.2, 0.25) is 0 Å². The Kier molecular flexibility index (Phi) is 5.42. The minimum absolute atomic E-state index is 0.0919. The van der Waals surface area contributed by atoms with Gasteiger partial charge in [-0.2, -0.15) is 4.31 Å². The fourth-order valence-corrected chi connectivity index (χ4v) is 5.54. The van der Waals surface area contributed by atoms with Crippen LogP contribution in [-0.4, -0.2) is 37.0 Å². The maximum atomic E-state index is 13.4. The number of hydrogen-bond donors (Lipinski definition) is 0. The highest BCUT2D eigenvalue weighted by Gasteiger charge is 2.38. The molecule has 1 aliphatic heterocycles. The zero-order valence-electron chi connectivity index (χ0n) is 17.2. The second-order valence-corrected chi connectivity index (χ2v) is 9.17. The first-order chi connectivity index (χ1) is 14.4. The van der Waals surface area contributed by atoms with Gasteiger partial charge in [0.15, 0.2) is 5.76 Å². The van der Waals surface area contributed by atoms with E-state index >= 15 is 0 Å². The van der Waals surface area contributed by atoms with Crippen LogP contribution >= 0.6 is 0 Å². The number of furan rings is 1. The van der Waals surface area contributed by atoms with Gasteiger partial charge < -0.3 is 13.7 Å². The molecular formula is C21H24N2O6S. The van der Waals surface area contributed by atoms with Crippen molar-refractivity contribution in [2.45, 2.75) is 51.0 Å². The van der Waals surface area contributed by atoms with Gasteiger partial charge in [-0.15, -0.1) is 0 Å². The fraction of sp³-hybridized carbons (Fsp3) is 0.429. The van der Waals surface area contributed by atoms with E-state index in [2.05, 4.69) is 5.16 Å². The molecule has 3 heterocycles. The number of ether oxygens (including phenoxy) is 1. The number of rotatable bonds is 6. The van der Waals surface area contributed by atoms with Crippen molar-refractivity contribution < 1.29 is 26.9 Å². The lowest BCUT2D eigenvalue weighted by Gasteiger charge is -2.22. The van der Waals surface area contributed by atoms with Crippen molar-refractivity contribution in [3.05, 3.63) is 47.0 Å². The highest BCUT2D eigenvalue weighted by molar-refractivity contribution is 7.89. The molecule has 0 saturated carbocycles. The van der Waals surface area contributed by atoms with Gasteiger partial charge in [0, 0.05) is 23.6 Å². The zero-order valence-corrected chi connectivity index (χ0v) is 18.0. The molecule has 4 rings (SSSR count). The van der Waals surface area contributed by atoms with Gasteiger partial charge in [0.25, 0.3) is 0 Å². The highest BCUT2D eigenvalue weighted by atomic mass is 32.2. The number of benzene rings is 1. The number of sulfonamides is 1. The van der Waals surface area contributed by atoms with Gasteiger partial charge in [-0.1, -0.05) is 12.1 Å². The maximum Gasteiger partial charge on any atom is 0.374 e. The summed E-state index contributed by atoms with van der Waals surface area (Å²) < 4.78 is 44.4. The summed E-state index contributed by atoms with van der Waals surface area (Å²) in [6.45, 7) is 6.04. The first-order valence-electron chi connectivity index (χ1n) is 10.0. The van der Waals surface area contributed by atoms with Crippen molar-refractivity contribution in [3.63, 3.8) is 0 Å². The number of esters is 1. The van der Waals surface area contributed by atoms with Crippen molar-refractivity contribution in [1.82, 2.24) is 9.46 Å². The number of carbonyl (C=O) groups excluding carboxylic acids is 1. The second-order valence-electron chi connectivity index (χ2n) is 7.28. The number of aryl methyl sites for hydroxylation is 2. The van der Waals surface area contributed by atoms with Gasteiger partial charge in [0.05, 0.1) is 23.2 Å². The molecule has 3 aromatic rings. The summed E-state index contributed by atoms with van der Waals surface area (Å²) in [5.74, 6) is 0.0968. The molecule has 0 N–H and O–H groups in total. The summed E-state index contributed by atoms with van der Waals surface area (Å²) in [4.78, 5) is 12.2. The van der Waals surface area contributed by atoms with E-state index in [0.29, 0.717) is 35.3 Å². The number of carbonyl (C=O) groups is 1. The number of nitrogens with zero attached hydrogens (tertiary/aromatic N) is 2. The van der Waals surface area contributed by atoms with E-state index in [1.807, 2.05) is 13.0 Å². The molecule has 0 amide bonds. The van der Waals surface area contributed by atoms with Gasteiger partial charge in [0.1, 0.15) is 5.58 Å². The van der Waals surface area contributed by atoms with E-state index in [1.165, 1.54) is 10.4 Å². The summed E-state index contributed by atoms with van der Waals surface area (Å²) in [7, 11) is -3.78. The van der Waals surface area contributed by atoms with Gasteiger partial charge in [0.2, 0.25) is 15.8 Å². The standard InChI is InChI=1S/C21H24N2O6S/c1-4-14-11-19(29-22-14)17-7-6-10-23(17)30(25,26)15-8-9-18-16(12-15)13(3)20(28-18)21(24)27-5-2/h8-9,11-12,17H,4-7,10H2,1-3H3/t17-/m0/s1. The highest BCUT2D eigenvalue weighted by Crippen LogP contribution is 2.38. The summed E-state index contributed by atoms with van der Waals surface area (Å²) in [6, 6.07) is 6.08. The van der Waals surface area contributed by atoms with Crippen LogP contribution in [0.3, 0.4) is 0 Å². The van der Waals surface area contributed by atoms with Crippen LogP contribution < -0.4 is 0 Å². The molecule has 1 fully saturated rings. The van der Waals surface area contributed by atoms with E-state index in [-0.39, 0.29) is 23.3 Å². The largest absolute Gasteiger partial charge is 0.460 e. The third-order valence-electron chi connectivity index (χ3n) is 5.45. The minimum atomic E-state index is -3.78. The third kappa shape index (κ3) is 3.41. The Morgan fingerprint density at radius 2 is 2.10 bits per heavy atom. The molecule has 30 heavy (non-hydrogen) atoms. The van der Waals surface area contributed by atoms with Crippen LogP contribution in [0.25, 0.3) is 11.0 Å². The summed E-state index contributed by atoms with van der Waals surface area (Å²) in [5.41, 5.74) is 1.80. The lowest BCUT2D eigenvalue weighted by Crippen LogP contribution is -2.30. The SMILES string of the molecule is CCOC(=O)c1oc2ccc(S(=O)(=O)N3CCC[C@H]3c3cc(CC)no3)cc2c1C. The molecule has 1 atom stereocenters. The Hall–Kier alpha value is -2.65. The summed E-state index contributed by atoms with van der Waals surface area (Å²) >= 11 is 0. The summed E-state index contributed by atoms with van der Waals surface area (Å²) in [6.07, 6.45) is 2.14. The van der Waals surface area contributed by atoms with Crippen LogP contribution in [0.5, 0.6) is 0 Å². The molecule has 2 aromatic heterocycles. The Bertz CT molecular complexity index is 1190. The van der Waals surface area contributed by atoms with Gasteiger partial charge in [-0.05, 0) is 51.3 Å². The minimum Gasteiger partial charge on any atom is -0.460 e. The van der Waals surface area contributed by atoms with Crippen LogP contribution in [-0.2, 0) is 21.2 Å². The zero-order chi connectivity index (χ0) is 21.5. The second kappa shape index (κ2) is 7.88. The average Bonchev–Trinajstić information content (AvgIpc) is 3.46. The van der Waals surface area contributed by atoms with E-state index in [4.69, 9.17) is 13.7 Å². The normalized spacial score (nSPS) is 17.6. The molecule has 1 aromatic carbocycles. The Balaban J connectivity index is 1.71. The summed E-state index contributed by atoms with van der Waals surface area (Å²) in [5, 5.41) is 4.57. The van der Waals surface area contributed by atoms with E-state index in [1.54, 1.807) is 26.0 Å². The van der Waals surface area contributed by atoms with Crippen molar-refractivity contribution in [1.29, 1.82) is 0 Å². The number of aromatic nitrogens is 1. The smallest absolute Gasteiger partial charge is 0.374 e. The van der Waals surface area contributed by atoms with E-state index in [0.717, 1.165) is 18.5 Å². The Labute approximate surface area is 174 Å². The molecule has 1 saturated heterocycles. The molecule has 8 nitrogen and oxygen atoms in total. The fourth-order valence-electron chi connectivity index (χ4n) is 3.85. The number of hydrogen-bond acceptors (Lipinski definition) is 7. The maximum absolute atomic E-state index is 13.4. The first kappa shape index (κ1) is 20.6. The quantitative estimate of drug-likeness (QED) is 0.543. The van der Waals surface area contributed by atoms with Crippen molar-refractivity contribution in [2.24, 2.45) is 0 Å². The van der Waals surface area contributed by atoms with Crippen molar-refractivity contribution in [3.8, 4) is 0 Å². The van der Waals surface area contributed by atoms with Gasteiger partial charge in [-0.25, -0.2) is 13.2 Å². The lowest BCUT2D eigenvalue weighted by atomic mass is 10.1. The predicted octanol–water partition coefficient (Wildman–Crippen LogP) is 3.99. The molecule has 0 unspecified atom stereocenters. The first-order valence-corrected chi connectivity index (χ1v) is 11.5. The van der Waals surface area contributed by atoms with Crippen LogP contribution in [0.4, 0.5) is 0 Å². The monoisotopic (exact) mass is 432 g/mol. The number of fused-ring (bicyclic) bond motifs is 1. The van der Waals surface area contributed by atoms with Crippen LogP contribution in [0.1, 0.15) is 60.3 Å². The molecule has 0 aliphatic carbocycles. The third-order valence-corrected chi connectivity index (χ3v) is 7.35. The molecule has 0 radical (unpaired) electrons.